The predicted octanol–water partition coefficient (Wildman–Crippen LogP) is 4.72. The van der Waals surface area contributed by atoms with E-state index >= 15 is 0 Å². The van der Waals surface area contributed by atoms with E-state index in [1.165, 1.54) is 0 Å². The molecule has 8 heteroatoms. The van der Waals surface area contributed by atoms with Crippen LogP contribution >= 0.6 is 11.6 Å². The van der Waals surface area contributed by atoms with E-state index in [0.717, 1.165) is 24.2 Å². The van der Waals surface area contributed by atoms with Crippen LogP contribution in [0.1, 0.15) is 36.0 Å². The van der Waals surface area contributed by atoms with Crippen molar-refractivity contribution in [3.05, 3.63) is 70.9 Å². The summed E-state index contributed by atoms with van der Waals surface area (Å²) in [6.07, 6.45) is 4.21. The lowest BCUT2D eigenvalue weighted by molar-refractivity contribution is -0.134. The average molecular weight is 471 g/mol. The summed E-state index contributed by atoms with van der Waals surface area (Å²) in [6.45, 7) is 1.13. The molecule has 2 heterocycles. The van der Waals surface area contributed by atoms with Crippen molar-refractivity contribution in [3.8, 4) is 17.2 Å². The molecule has 0 N–H and O–H groups in total. The highest BCUT2D eigenvalue weighted by molar-refractivity contribution is 6.30. The Morgan fingerprint density at radius 1 is 1.15 bits per heavy atom. The first kappa shape index (κ1) is 23.0. The van der Waals surface area contributed by atoms with Crippen LogP contribution in [0.3, 0.4) is 0 Å². The van der Waals surface area contributed by atoms with Gasteiger partial charge in [0.25, 0.3) is 5.91 Å². The first-order valence-corrected chi connectivity index (χ1v) is 11.3. The third-order valence-electron chi connectivity index (χ3n) is 5.71. The number of halogens is 1. The van der Waals surface area contributed by atoms with Crippen molar-refractivity contribution < 1.29 is 23.4 Å². The molecule has 1 aliphatic heterocycles. The molecule has 4 rings (SSSR count). The van der Waals surface area contributed by atoms with Crippen LogP contribution in [0.25, 0.3) is 0 Å². The highest BCUT2D eigenvalue weighted by Gasteiger charge is 2.28. The summed E-state index contributed by atoms with van der Waals surface area (Å²) in [4.78, 5) is 19.2. The van der Waals surface area contributed by atoms with Gasteiger partial charge in [-0.25, -0.2) is 4.98 Å². The number of benzene rings is 2. The van der Waals surface area contributed by atoms with Crippen molar-refractivity contribution in [3.63, 3.8) is 0 Å². The third-order valence-corrected chi connectivity index (χ3v) is 5.96. The van der Waals surface area contributed by atoms with E-state index in [9.17, 15) is 4.79 Å². The van der Waals surface area contributed by atoms with Crippen LogP contribution < -0.4 is 14.2 Å². The molecule has 174 valence electrons. The van der Waals surface area contributed by atoms with Crippen molar-refractivity contribution in [2.45, 2.75) is 25.2 Å². The monoisotopic (exact) mass is 470 g/mol. The van der Waals surface area contributed by atoms with Crippen molar-refractivity contribution in [1.29, 1.82) is 0 Å². The van der Waals surface area contributed by atoms with Crippen LogP contribution in [0.2, 0.25) is 5.02 Å². The highest BCUT2D eigenvalue weighted by Crippen LogP contribution is 2.37. The molecule has 1 atom stereocenters. The van der Waals surface area contributed by atoms with Gasteiger partial charge in [-0.1, -0.05) is 29.8 Å². The van der Waals surface area contributed by atoms with E-state index in [2.05, 4.69) is 4.98 Å². The van der Waals surface area contributed by atoms with Crippen LogP contribution in [-0.4, -0.2) is 49.7 Å². The summed E-state index contributed by atoms with van der Waals surface area (Å²) < 4.78 is 22.5. The van der Waals surface area contributed by atoms with Gasteiger partial charge in [0, 0.05) is 24.5 Å². The minimum absolute atomic E-state index is 0.0578. The van der Waals surface area contributed by atoms with Gasteiger partial charge in [0.15, 0.2) is 24.0 Å². The molecular weight excluding hydrogens is 444 g/mol. The van der Waals surface area contributed by atoms with Crippen LogP contribution in [0.4, 0.5) is 0 Å². The fourth-order valence-corrected chi connectivity index (χ4v) is 4.11. The molecular formula is C25H27ClN2O5. The first-order valence-electron chi connectivity index (χ1n) is 10.9. The summed E-state index contributed by atoms with van der Waals surface area (Å²) in [5.74, 6) is 2.89. The molecule has 0 saturated carbocycles. The zero-order valence-electron chi connectivity index (χ0n) is 18.8. The minimum atomic E-state index is -0.100. The minimum Gasteiger partial charge on any atom is -0.493 e. The number of piperidine rings is 1. The summed E-state index contributed by atoms with van der Waals surface area (Å²) in [5.41, 5.74) is 1.10. The number of para-hydroxylation sites is 1. The number of aromatic nitrogens is 1. The van der Waals surface area contributed by atoms with Crippen LogP contribution in [0.15, 0.2) is 53.1 Å². The Balaban J connectivity index is 1.36. The number of carbonyl (C=O) groups excluding carboxylic acids is 1. The molecule has 2 aromatic carbocycles. The summed E-state index contributed by atoms with van der Waals surface area (Å²) in [5, 5.41) is 0.706. The van der Waals surface area contributed by atoms with E-state index in [4.69, 9.17) is 30.2 Å². The summed E-state index contributed by atoms with van der Waals surface area (Å²) in [6, 6.07) is 13.0. The molecule has 3 aromatic rings. The number of ether oxygens (including phenoxy) is 3. The van der Waals surface area contributed by atoms with E-state index in [-0.39, 0.29) is 18.4 Å². The molecule has 0 radical (unpaired) electrons. The van der Waals surface area contributed by atoms with Gasteiger partial charge in [-0.05, 0) is 42.7 Å². The van der Waals surface area contributed by atoms with Gasteiger partial charge >= 0.3 is 0 Å². The molecule has 1 fully saturated rings. The largest absolute Gasteiger partial charge is 0.493 e. The molecule has 1 aliphatic rings. The van der Waals surface area contributed by atoms with Crippen molar-refractivity contribution in [2.75, 3.05) is 33.9 Å². The zero-order valence-corrected chi connectivity index (χ0v) is 19.5. The van der Waals surface area contributed by atoms with Gasteiger partial charge in [-0.3, -0.25) is 4.79 Å². The summed E-state index contributed by atoms with van der Waals surface area (Å²) in [7, 11) is 3.10. The smallest absolute Gasteiger partial charge is 0.260 e. The molecule has 0 bridgehead atoms. The van der Waals surface area contributed by atoms with Gasteiger partial charge in [-0.15, -0.1) is 0 Å². The Morgan fingerprint density at radius 3 is 2.58 bits per heavy atom. The third kappa shape index (κ3) is 5.60. The second-order valence-corrected chi connectivity index (χ2v) is 8.36. The number of amides is 1. The highest BCUT2D eigenvalue weighted by atomic mass is 35.5. The number of rotatable bonds is 8. The number of oxazole rings is 1. The SMILES string of the molecule is COc1cccc(OC)c1OCC(=O)N1CCC[C@@H](c2ncc(Cc3ccc(Cl)cc3)o2)C1. The maximum Gasteiger partial charge on any atom is 0.260 e. The number of likely N-dealkylation sites (tertiary alicyclic amines) is 1. The van der Waals surface area contributed by atoms with E-state index < -0.39 is 0 Å². The quantitative estimate of drug-likeness (QED) is 0.474. The number of methoxy groups -OCH3 is 2. The van der Waals surface area contributed by atoms with E-state index in [0.29, 0.717) is 47.7 Å². The number of nitrogens with zero attached hydrogens (tertiary/aromatic N) is 2. The van der Waals surface area contributed by atoms with Crippen molar-refractivity contribution >= 4 is 17.5 Å². The fraction of sp³-hybridized carbons (Fsp3) is 0.360. The summed E-state index contributed by atoms with van der Waals surface area (Å²) >= 11 is 5.96. The van der Waals surface area contributed by atoms with Gasteiger partial charge in [0.05, 0.1) is 26.3 Å². The molecule has 1 saturated heterocycles. The van der Waals surface area contributed by atoms with Crippen molar-refractivity contribution in [1.82, 2.24) is 9.88 Å². The Bertz CT molecular complexity index is 1060. The second-order valence-electron chi connectivity index (χ2n) is 7.93. The van der Waals surface area contributed by atoms with Crippen LogP contribution in [-0.2, 0) is 11.2 Å². The van der Waals surface area contributed by atoms with Gasteiger partial charge in [0.2, 0.25) is 5.75 Å². The fourth-order valence-electron chi connectivity index (χ4n) is 3.99. The lowest BCUT2D eigenvalue weighted by Gasteiger charge is -2.31. The molecule has 0 aliphatic carbocycles. The standard InChI is InChI=1S/C25H27ClN2O5/c1-30-21-6-3-7-22(31-2)24(21)32-16-23(29)28-12-4-5-18(15-28)25-27-14-20(33-25)13-17-8-10-19(26)11-9-17/h3,6-11,14,18H,4-5,12-13,15-16H2,1-2H3/t18-/m1/s1. The van der Waals surface area contributed by atoms with Gasteiger partial charge < -0.3 is 23.5 Å². The van der Waals surface area contributed by atoms with Gasteiger partial charge in [0.1, 0.15) is 5.76 Å². The zero-order chi connectivity index (χ0) is 23.2. The average Bonchev–Trinajstić information content (AvgIpc) is 3.32. The maximum atomic E-state index is 12.9. The first-order chi connectivity index (χ1) is 16.1. The van der Waals surface area contributed by atoms with Crippen molar-refractivity contribution in [2.24, 2.45) is 0 Å². The topological polar surface area (TPSA) is 74.0 Å². The molecule has 33 heavy (non-hydrogen) atoms. The maximum absolute atomic E-state index is 12.9. The Kier molecular flexibility index (Phi) is 7.40. The second kappa shape index (κ2) is 10.6. The van der Waals surface area contributed by atoms with Crippen LogP contribution in [0, 0.1) is 0 Å². The van der Waals surface area contributed by atoms with Crippen LogP contribution in [0.5, 0.6) is 17.2 Å². The van der Waals surface area contributed by atoms with Gasteiger partial charge in [-0.2, -0.15) is 0 Å². The molecule has 0 unspecified atom stereocenters. The normalized spacial score (nSPS) is 15.8. The Hall–Kier alpha value is -3.19. The number of hydrogen-bond acceptors (Lipinski definition) is 6. The Labute approximate surface area is 198 Å². The number of carbonyl (C=O) groups is 1. The molecule has 1 aromatic heterocycles. The Morgan fingerprint density at radius 2 is 1.88 bits per heavy atom. The lowest BCUT2D eigenvalue weighted by atomic mass is 9.98. The van der Waals surface area contributed by atoms with E-state index in [1.807, 2.05) is 24.3 Å². The molecule has 0 spiro atoms. The lowest BCUT2D eigenvalue weighted by Crippen LogP contribution is -2.41. The predicted molar refractivity (Wildman–Crippen MR) is 124 cm³/mol. The van der Waals surface area contributed by atoms with E-state index in [1.54, 1.807) is 43.5 Å². The molecule has 1 amide bonds. The molecule has 7 nitrogen and oxygen atoms in total. The number of hydrogen-bond donors (Lipinski definition) is 0.